The van der Waals surface area contributed by atoms with Crippen molar-refractivity contribution in [1.82, 2.24) is 0 Å². The Labute approximate surface area is 100.0 Å². The van der Waals surface area contributed by atoms with Crippen LogP contribution in [0.1, 0.15) is 24.0 Å². The molecule has 0 radical (unpaired) electrons. The highest BCUT2D eigenvalue weighted by atomic mass is 16.1. The van der Waals surface area contributed by atoms with Crippen LogP contribution in [0.15, 0.2) is 41.4 Å². The topological polar surface area (TPSA) is 29.4 Å². The summed E-state index contributed by atoms with van der Waals surface area (Å²) in [6.07, 6.45) is 3.63. The number of aliphatic imine (C=N–C) groups is 1. The first kappa shape index (κ1) is 10.2. The van der Waals surface area contributed by atoms with Crippen molar-refractivity contribution in [3.63, 3.8) is 0 Å². The lowest BCUT2D eigenvalue weighted by molar-refractivity contribution is 0.556. The average Bonchev–Trinajstić information content (AvgIpc) is 3.11. The lowest BCUT2D eigenvalue weighted by Gasteiger charge is -2.13. The van der Waals surface area contributed by atoms with E-state index >= 15 is 0 Å². The standard InChI is InChI=1S/C15H13NO/c1-11-6-7-14(15(8-9-15)16-10-17)13-5-3-2-4-12(11)13/h2-7H,8-9H2,1H3. The molecule has 0 unspecified atom stereocenters. The molecule has 1 aliphatic rings. The molecule has 1 aliphatic carbocycles. The first-order chi connectivity index (χ1) is 8.27. The summed E-state index contributed by atoms with van der Waals surface area (Å²) in [5, 5.41) is 2.46. The van der Waals surface area contributed by atoms with Gasteiger partial charge in [-0.1, -0.05) is 36.4 Å². The molecule has 0 aliphatic heterocycles. The zero-order chi connectivity index (χ0) is 11.9. The van der Waals surface area contributed by atoms with E-state index in [9.17, 15) is 4.79 Å². The van der Waals surface area contributed by atoms with Crippen LogP contribution in [0.5, 0.6) is 0 Å². The summed E-state index contributed by atoms with van der Waals surface area (Å²) in [5.74, 6) is 0. The zero-order valence-corrected chi connectivity index (χ0v) is 9.73. The van der Waals surface area contributed by atoms with Crippen LogP contribution in [0.2, 0.25) is 0 Å². The number of hydrogen-bond donors (Lipinski definition) is 0. The van der Waals surface area contributed by atoms with Gasteiger partial charge in [-0.3, -0.25) is 0 Å². The Bertz CT molecular complexity index is 634. The molecule has 2 aromatic carbocycles. The van der Waals surface area contributed by atoms with Gasteiger partial charge in [-0.25, -0.2) is 4.79 Å². The molecule has 0 atom stereocenters. The molecule has 1 fully saturated rings. The quantitative estimate of drug-likeness (QED) is 0.566. The maximum absolute atomic E-state index is 10.5. The average molecular weight is 223 g/mol. The van der Waals surface area contributed by atoms with E-state index < -0.39 is 0 Å². The maximum atomic E-state index is 10.5. The summed E-state index contributed by atoms with van der Waals surface area (Å²) in [6.45, 7) is 2.11. The fraction of sp³-hybridized carbons (Fsp3) is 0.267. The first-order valence-corrected chi connectivity index (χ1v) is 5.85. The monoisotopic (exact) mass is 223 g/mol. The van der Waals surface area contributed by atoms with Crippen molar-refractivity contribution in [3.8, 4) is 0 Å². The second-order valence-electron chi connectivity index (χ2n) is 4.71. The van der Waals surface area contributed by atoms with Gasteiger partial charge in [0.2, 0.25) is 6.08 Å². The van der Waals surface area contributed by atoms with E-state index in [4.69, 9.17) is 0 Å². The molecule has 0 spiro atoms. The summed E-state index contributed by atoms with van der Waals surface area (Å²) < 4.78 is 0. The molecule has 3 rings (SSSR count). The van der Waals surface area contributed by atoms with Gasteiger partial charge in [0.05, 0.1) is 5.54 Å². The van der Waals surface area contributed by atoms with Gasteiger partial charge in [0, 0.05) is 0 Å². The van der Waals surface area contributed by atoms with Crippen LogP contribution >= 0.6 is 0 Å². The number of isocyanates is 1. The summed E-state index contributed by atoms with van der Waals surface area (Å²) in [5.41, 5.74) is 2.15. The number of fused-ring (bicyclic) bond motifs is 1. The SMILES string of the molecule is Cc1ccc(C2(N=C=O)CC2)c2ccccc12. The molecule has 2 heteroatoms. The van der Waals surface area contributed by atoms with E-state index in [1.807, 2.05) is 12.1 Å². The van der Waals surface area contributed by atoms with Gasteiger partial charge >= 0.3 is 0 Å². The number of hydrogen-bond acceptors (Lipinski definition) is 2. The Balaban J connectivity index is 2.31. The van der Waals surface area contributed by atoms with Crippen molar-refractivity contribution in [2.24, 2.45) is 4.99 Å². The molecule has 2 nitrogen and oxygen atoms in total. The first-order valence-electron chi connectivity index (χ1n) is 5.85. The number of aryl methyl sites for hydroxylation is 1. The Morgan fingerprint density at radius 3 is 2.47 bits per heavy atom. The summed E-state index contributed by atoms with van der Waals surface area (Å²) in [6, 6.07) is 12.5. The Kier molecular flexibility index (Phi) is 2.13. The van der Waals surface area contributed by atoms with Crippen LogP contribution < -0.4 is 0 Å². The van der Waals surface area contributed by atoms with Gasteiger partial charge in [-0.15, -0.1) is 0 Å². The van der Waals surface area contributed by atoms with Crippen LogP contribution in [0, 0.1) is 6.92 Å². The van der Waals surface area contributed by atoms with Crippen LogP contribution in [0.25, 0.3) is 10.8 Å². The molecule has 1 saturated carbocycles. The number of benzene rings is 2. The van der Waals surface area contributed by atoms with Gasteiger partial charge in [-0.2, -0.15) is 4.99 Å². The van der Waals surface area contributed by atoms with E-state index in [0.717, 1.165) is 12.8 Å². The summed E-state index contributed by atoms with van der Waals surface area (Å²) in [4.78, 5) is 14.6. The molecular weight excluding hydrogens is 210 g/mol. The Hall–Kier alpha value is -1.92. The van der Waals surface area contributed by atoms with Crippen molar-refractivity contribution in [3.05, 3.63) is 47.5 Å². The predicted octanol–water partition coefficient (Wildman–Crippen LogP) is 3.47. The van der Waals surface area contributed by atoms with Crippen molar-refractivity contribution in [2.45, 2.75) is 25.3 Å². The van der Waals surface area contributed by atoms with E-state index in [2.05, 4.69) is 36.2 Å². The molecule has 84 valence electrons. The van der Waals surface area contributed by atoms with E-state index in [-0.39, 0.29) is 5.54 Å². The van der Waals surface area contributed by atoms with Crippen molar-refractivity contribution in [1.29, 1.82) is 0 Å². The lowest BCUT2D eigenvalue weighted by Crippen LogP contribution is -2.03. The van der Waals surface area contributed by atoms with Gasteiger partial charge in [0.15, 0.2) is 0 Å². The molecular formula is C15H13NO. The third kappa shape index (κ3) is 1.49. The molecule has 0 heterocycles. The van der Waals surface area contributed by atoms with Gasteiger partial charge in [0.25, 0.3) is 0 Å². The summed E-state index contributed by atoms with van der Waals surface area (Å²) in [7, 11) is 0. The van der Waals surface area contributed by atoms with E-state index in [1.54, 1.807) is 6.08 Å². The van der Waals surface area contributed by atoms with Crippen molar-refractivity contribution >= 4 is 16.9 Å². The van der Waals surface area contributed by atoms with E-state index in [1.165, 1.54) is 21.9 Å². The van der Waals surface area contributed by atoms with E-state index in [0.29, 0.717) is 0 Å². The van der Waals surface area contributed by atoms with Crippen LogP contribution in [-0.4, -0.2) is 6.08 Å². The van der Waals surface area contributed by atoms with Crippen LogP contribution in [0.4, 0.5) is 0 Å². The predicted molar refractivity (Wildman–Crippen MR) is 67.7 cm³/mol. The molecule has 0 saturated heterocycles. The van der Waals surface area contributed by atoms with Crippen LogP contribution in [0.3, 0.4) is 0 Å². The minimum absolute atomic E-state index is 0.283. The molecule has 0 N–H and O–H groups in total. The lowest BCUT2D eigenvalue weighted by atomic mass is 9.95. The fourth-order valence-electron chi connectivity index (χ4n) is 2.50. The van der Waals surface area contributed by atoms with Gasteiger partial charge < -0.3 is 0 Å². The smallest absolute Gasteiger partial charge is 0.211 e. The molecule has 0 aromatic heterocycles. The normalized spacial score (nSPS) is 16.5. The fourth-order valence-corrected chi connectivity index (χ4v) is 2.50. The Morgan fingerprint density at radius 1 is 1.12 bits per heavy atom. The van der Waals surface area contributed by atoms with Crippen molar-refractivity contribution < 1.29 is 4.79 Å². The highest BCUT2D eigenvalue weighted by molar-refractivity contribution is 5.89. The minimum atomic E-state index is -0.283. The number of rotatable bonds is 2. The summed E-state index contributed by atoms with van der Waals surface area (Å²) >= 11 is 0. The van der Waals surface area contributed by atoms with Crippen LogP contribution in [-0.2, 0) is 10.3 Å². The molecule has 17 heavy (non-hydrogen) atoms. The largest absolute Gasteiger partial charge is 0.235 e. The third-order valence-electron chi connectivity index (χ3n) is 3.63. The van der Waals surface area contributed by atoms with Gasteiger partial charge in [0.1, 0.15) is 0 Å². The molecule has 2 aromatic rings. The highest BCUT2D eigenvalue weighted by Crippen LogP contribution is 2.51. The third-order valence-corrected chi connectivity index (χ3v) is 3.63. The molecule has 0 amide bonds. The molecule has 0 bridgehead atoms. The second kappa shape index (κ2) is 3.54. The zero-order valence-electron chi connectivity index (χ0n) is 9.73. The Morgan fingerprint density at radius 2 is 1.82 bits per heavy atom. The second-order valence-corrected chi connectivity index (χ2v) is 4.71. The minimum Gasteiger partial charge on any atom is -0.211 e. The highest BCUT2D eigenvalue weighted by Gasteiger charge is 2.45. The number of nitrogens with zero attached hydrogens (tertiary/aromatic N) is 1. The number of carbonyl (C=O) groups excluding carboxylic acids is 1. The maximum Gasteiger partial charge on any atom is 0.235 e. The van der Waals surface area contributed by atoms with Gasteiger partial charge in [-0.05, 0) is 41.7 Å². The van der Waals surface area contributed by atoms with Crippen molar-refractivity contribution in [2.75, 3.05) is 0 Å².